The molecule has 0 spiro atoms. The number of methoxy groups -OCH3 is 1. The van der Waals surface area contributed by atoms with Crippen molar-refractivity contribution >= 4 is 22.5 Å². The fraction of sp³-hybridized carbons (Fsp3) is 0.111. The zero-order chi connectivity index (χ0) is 16.4. The summed E-state index contributed by atoms with van der Waals surface area (Å²) >= 11 is 0. The minimum atomic E-state index is -0.280. The Hall–Kier alpha value is -2.95. The largest absolute Gasteiger partial charge is 0.492 e. The van der Waals surface area contributed by atoms with Crippen molar-refractivity contribution in [3.63, 3.8) is 0 Å². The lowest BCUT2D eigenvalue weighted by Gasteiger charge is -2.13. The Kier molecular flexibility index (Phi) is 3.93. The fourth-order valence-corrected chi connectivity index (χ4v) is 2.57. The first-order chi connectivity index (χ1) is 11.1. The van der Waals surface area contributed by atoms with Crippen LogP contribution in [0.15, 0.2) is 48.7 Å². The number of pyridine rings is 1. The van der Waals surface area contributed by atoms with Crippen molar-refractivity contribution in [3.8, 4) is 16.9 Å². The van der Waals surface area contributed by atoms with Gasteiger partial charge in [-0.3, -0.25) is 9.78 Å². The molecule has 0 atom stereocenters. The molecule has 23 heavy (non-hydrogen) atoms. The molecular weight excluding hydrogens is 295 g/mol. The normalized spacial score (nSPS) is 10.6. The summed E-state index contributed by atoms with van der Waals surface area (Å²) in [5.41, 5.74) is 3.01. The highest BCUT2D eigenvalue weighted by atomic mass is 19.1. The van der Waals surface area contributed by atoms with E-state index >= 15 is 0 Å². The maximum atomic E-state index is 13.1. The molecule has 0 saturated carbocycles. The van der Waals surface area contributed by atoms with Gasteiger partial charge in [0.2, 0.25) is 5.91 Å². The molecule has 1 amide bonds. The van der Waals surface area contributed by atoms with Crippen molar-refractivity contribution in [2.45, 2.75) is 6.92 Å². The Morgan fingerprint density at radius 2 is 1.87 bits per heavy atom. The molecule has 0 aliphatic heterocycles. The summed E-state index contributed by atoms with van der Waals surface area (Å²) in [6, 6.07) is 11.8. The number of benzene rings is 2. The molecule has 116 valence electrons. The van der Waals surface area contributed by atoms with Gasteiger partial charge < -0.3 is 10.1 Å². The molecule has 5 heteroatoms. The molecule has 0 saturated heterocycles. The zero-order valence-corrected chi connectivity index (χ0v) is 12.8. The Morgan fingerprint density at radius 3 is 2.52 bits per heavy atom. The number of carbonyl (C=O) groups excluding carboxylic acids is 1. The van der Waals surface area contributed by atoms with Crippen LogP contribution >= 0.6 is 0 Å². The number of fused-ring (bicyclic) bond motifs is 1. The van der Waals surface area contributed by atoms with Gasteiger partial charge in [0, 0.05) is 18.5 Å². The van der Waals surface area contributed by atoms with Gasteiger partial charge in [-0.2, -0.15) is 0 Å². The van der Waals surface area contributed by atoms with Crippen LogP contribution < -0.4 is 10.1 Å². The van der Waals surface area contributed by atoms with Gasteiger partial charge in [-0.25, -0.2) is 4.39 Å². The van der Waals surface area contributed by atoms with Crippen LogP contribution in [0.4, 0.5) is 10.1 Å². The molecule has 3 aromatic rings. The molecule has 4 nitrogen and oxygen atoms in total. The summed E-state index contributed by atoms with van der Waals surface area (Å²) in [5.74, 6) is 0.0386. The summed E-state index contributed by atoms with van der Waals surface area (Å²) in [7, 11) is 1.53. The fourth-order valence-electron chi connectivity index (χ4n) is 2.57. The number of halogens is 1. The third kappa shape index (κ3) is 2.85. The summed E-state index contributed by atoms with van der Waals surface area (Å²) in [4.78, 5) is 15.7. The molecule has 1 N–H and O–H groups in total. The average Bonchev–Trinajstić information content (AvgIpc) is 2.54. The molecular formula is C18H15FN2O2. The average molecular weight is 310 g/mol. The second-order valence-electron chi connectivity index (χ2n) is 5.09. The molecule has 0 aliphatic rings. The van der Waals surface area contributed by atoms with E-state index in [-0.39, 0.29) is 11.7 Å². The molecule has 2 aromatic carbocycles. The van der Waals surface area contributed by atoms with Crippen LogP contribution in [0.3, 0.4) is 0 Å². The third-order valence-electron chi connectivity index (χ3n) is 3.54. The quantitative estimate of drug-likeness (QED) is 0.795. The topological polar surface area (TPSA) is 51.2 Å². The van der Waals surface area contributed by atoms with Crippen molar-refractivity contribution in [1.29, 1.82) is 0 Å². The molecule has 0 aliphatic carbocycles. The predicted molar refractivity (Wildman–Crippen MR) is 88.0 cm³/mol. The van der Waals surface area contributed by atoms with Gasteiger partial charge in [-0.1, -0.05) is 12.1 Å². The number of ether oxygens (including phenoxy) is 1. The van der Waals surface area contributed by atoms with Crippen molar-refractivity contribution in [1.82, 2.24) is 4.98 Å². The standard InChI is InChI=1S/C18H15FN2O2/c1-11(22)21-16-8-7-15-14(12-3-5-13(19)6-4-12)9-10-20-17(15)18(16)23-2/h3-10H,1-2H3,(H,21,22). The monoisotopic (exact) mass is 310 g/mol. The number of hydrogen-bond donors (Lipinski definition) is 1. The molecule has 1 heterocycles. The minimum absolute atomic E-state index is 0.183. The lowest BCUT2D eigenvalue weighted by atomic mass is 10.0. The van der Waals surface area contributed by atoms with Crippen LogP contribution in [0.2, 0.25) is 0 Å². The summed E-state index contributed by atoms with van der Waals surface area (Å²) in [6.45, 7) is 1.44. The molecule has 0 bridgehead atoms. The van der Waals surface area contributed by atoms with E-state index in [1.54, 1.807) is 24.4 Å². The van der Waals surface area contributed by atoms with E-state index in [9.17, 15) is 9.18 Å². The number of rotatable bonds is 3. The van der Waals surface area contributed by atoms with Crippen molar-refractivity contribution in [2.24, 2.45) is 0 Å². The van der Waals surface area contributed by atoms with Crippen LogP contribution in [-0.2, 0) is 4.79 Å². The highest BCUT2D eigenvalue weighted by Gasteiger charge is 2.13. The van der Waals surface area contributed by atoms with E-state index in [2.05, 4.69) is 10.3 Å². The van der Waals surface area contributed by atoms with Gasteiger partial charge in [-0.05, 0) is 41.5 Å². The maximum Gasteiger partial charge on any atom is 0.221 e. The number of aromatic nitrogens is 1. The number of carbonyl (C=O) groups is 1. The SMILES string of the molecule is COc1c(NC(C)=O)ccc2c(-c3ccc(F)cc3)ccnc12. The second kappa shape index (κ2) is 6.04. The predicted octanol–water partition coefficient (Wildman–Crippen LogP) is 4.01. The number of hydrogen-bond acceptors (Lipinski definition) is 3. The van der Waals surface area contributed by atoms with Gasteiger partial charge in [0.05, 0.1) is 12.8 Å². The van der Waals surface area contributed by atoms with Gasteiger partial charge in [-0.15, -0.1) is 0 Å². The smallest absolute Gasteiger partial charge is 0.221 e. The van der Waals surface area contributed by atoms with Gasteiger partial charge in [0.1, 0.15) is 11.3 Å². The van der Waals surface area contributed by atoms with Gasteiger partial charge in [0.25, 0.3) is 0 Å². The summed E-state index contributed by atoms with van der Waals surface area (Å²) in [5, 5.41) is 3.60. The lowest BCUT2D eigenvalue weighted by Crippen LogP contribution is -2.07. The first-order valence-electron chi connectivity index (χ1n) is 7.09. The van der Waals surface area contributed by atoms with Gasteiger partial charge in [0.15, 0.2) is 5.75 Å². The van der Waals surface area contributed by atoms with Crippen molar-refractivity contribution in [2.75, 3.05) is 12.4 Å². The summed E-state index contributed by atoms with van der Waals surface area (Å²) in [6.07, 6.45) is 1.67. The van der Waals surface area contributed by atoms with Crippen molar-refractivity contribution in [3.05, 3.63) is 54.5 Å². The Morgan fingerprint density at radius 1 is 1.13 bits per heavy atom. The van der Waals surface area contributed by atoms with E-state index in [4.69, 9.17) is 4.74 Å². The number of nitrogens with zero attached hydrogens (tertiary/aromatic N) is 1. The van der Waals surface area contributed by atoms with Crippen LogP contribution in [0.1, 0.15) is 6.92 Å². The minimum Gasteiger partial charge on any atom is -0.492 e. The summed E-state index contributed by atoms with van der Waals surface area (Å²) < 4.78 is 18.6. The Bertz CT molecular complexity index is 876. The highest BCUT2D eigenvalue weighted by Crippen LogP contribution is 2.36. The van der Waals surface area contributed by atoms with Crippen LogP contribution in [0.25, 0.3) is 22.0 Å². The number of amides is 1. The maximum absolute atomic E-state index is 13.1. The Balaban J connectivity index is 2.22. The molecule has 3 rings (SSSR count). The third-order valence-corrected chi connectivity index (χ3v) is 3.54. The highest BCUT2D eigenvalue weighted by molar-refractivity contribution is 6.02. The number of anilines is 1. The molecule has 0 unspecified atom stereocenters. The second-order valence-corrected chi connectivity index (χ2v) is 5.09. The van der Waals surface area contributed by atoms with E-state index in [1.807, 2.05) is 12.1 Å². The van der Waals surface area contributed by atoms with Gasteiger partial charge >= 0.3 is 0 Å². The first kappa shape index (κ1) is 15.0. The Labute approximate surface area is 132 Å². The molecule has 0 radical (unpaired) electrons. The van der Waals surface area contributed by atoms with E-state index in [0.717, 1.165) is 16.5 Å². The molecule has 0 fully saturated rings. The molecule has 1 aromatic heterocycles. The lowest BCUT2D eigenvalue weighted by molar-refractivity contribution is -0.114. The van der Waals surface area contributed by atoms with Crippen LogP contribution in [-0.4, -0.2) is 18.0 Å². The van der Waals surface area contributed by atoms with E-state index < -0.39 is 0 Å². The van der Waals surface area contributed by atoms with Crippen molar-refractivity contribution < 1.29 is 13.9 Å². The van der Waals surface area contributed by atoms with E-state index in [1.165, 1.54) is 26.2 Å². The van der Waals surface area contributed by atoms with E-state index in [0.29, 0.717) is 17.0 Å². The zero-order valence-electron chi connectivity index (χ0n) is 12.8. The first-order valence-corrected chi connectivity index (χ1v) is 7.09. The van der Waals surface area contributed by atoms with Crippen LogP contribution in [0.5, 0.6) is 5.75 Å². The number of nitrogens with one attached hydrogen (secondary N) is 1. The van der Waals surface area contributed by atoms with Crippen LogP contribution in [0, 0.1) is 5.82 Å².